The van der Waals surface area contributed by atoms with Gasteiger partial charge in [0.05, 0.1) is 0 Å². The number of rotatable bonds is 5. The Kier molecular flexibility index (Phi) is 4.40. The molecule has 1 rings (SSSR count). The second-order valence-electron chi connectivity index (χ2n) is 3.30. The predicted molar refractivity (Wildman–Crippen MR) is 65.3 cm³/mol. The Morgan fingerprint density at radius 3 is 2.62 bits per heavy atom. The highest BCUT2D eigenvalue weighted by Gasteiger charge is 2.06. The topological polar surface area (TPSA) is 34.1 Å². The van der Waals surface area contributed by atoms with Gasteiger partial charge in [-0.05, 0) is 17.7 Å². The van der Waals surface area contributed by atoms with Crippen molar-refractivity contribution < 1.29 is 9.59 Å². The van der Waals surface area contributed by atoms with Crippen LogP contribution in [-0.2, 0) is 4.79 Å². The van der Waals surface area contributed by atoms with Crippen molar-refractivity contribution in [1.82, 2.24) is 0 Å². The van der Waals surface area contributed by atoms with Crippen molar-refractivity contribution in [2.45, 2.75) is 13.3 Å². The minimum absolute atomic E-state index is 0.0753. The normalized spacial score (nSPS) is 10.3. The number of carbonyl (C=O) groups is 2. The number of hydrogen-bond donors (Lipinski definition) is 0. The molecule has 0 atom stereocenters. The summed E-state index contributed by atoms with van der Waals surface area (Å²) in [6.45, 7) is 5.20. The monoisotopic (exact) mass is 214 g/mol. The number of allylic oxidation sites excluding steroid dienone is 2. The minimum Gasteiger partial charge on any atom is -0.294 e. The molecule has 0 fully saturated rings. The fourth-order valence-corrected chi connectivity index (χ4v) is 1.33. The Morgan fingerprint density at radius 1 is 1.31 bits per heavy atom. The molecule has 0 saturated carbocycles. The second-order valence-corrected chi connectivity index (χ2v) is 3.30. The highest BCUT2D eigenvalue weighted by molar-refractivity contribution is 6.04. The first-order valence-electron chi connectivity index (χ1n) is 5.15. The van der Waals surface area contributed by atoms with Crippen molar-refractivity contribution in [2.24, 2.45) is 0 Å². The van der Waals surface area contributed by atoms with Gasteiger partial charge in [0, 0.05) is 12.0 Å². The highest BCUT2D eigenvalue weighted by atomic mass is 16.1. The molecule has 0 bridgehead atoms. The van der Waals surface area contributed by atoms with Crippen LogP contribution in [0.4, 0.5) is 0 Å². The zero-order valence-electron chi connectivity index (χ0n) is 9.27. The molecule has 0 N–H and O–H groups in total. The Labute approximate surface area is 95.3 Å². The maximum absolute atomic E-state index is 11.6. The summed E-state index contributed by atoms with van der Waals surface area (Å²) in [6, 6.07) is 7.24. The first kappa shape index (κ1) is 12.1. The summed E-state index contributed by atoms with van der Waals surface area (Å²) in [5.74, 6) is -0.0925. The number of ketones is 2. The summed E-state index contributed by atoms with van der Waals surface area (Å²) in [7, 11) is 0. The van der Waals surface area contributed by atoms with Crippen molar-refractivity contribution in [1.29, 1.82) is 0 Å². The molecule has 2 nitrogen and oxygen atoms in total. The van der Waals surface area contributed by atoms with Gasteiger partial charge in [-0.25, -0.2) is 0 Å². The molecule has 0 aromatic heterocycles. The molecule has 82 valence electrons. The van der Waals surface area contributed by atoms with Crippen LogP contribution in [0.3, 0.4) is 0 Å². The number of benzene rings is 1. The Bertz CT molecular complexity index is 442. The molecule has 0 saturated heterocycles. The van der Waals surface area contributed by atoms with Crippen molar-refractivity contribution in [2.75, 3.05) is 0 Å². The summed E-state index contributed by atoms with van der Waals surface area (Å²) in [5, 5.41) is 0. The third-order valence-electron chi connectivity index (χ3n) is 2.21. The number of Topliss-reactive ketones (excluding diaryl/α,β-unsaturated/α-hetero) is 1. The van der Waals surface area contributed by atoms with Crippen LogP contribution in [0.25, 0.3) is 6.08 Å². The van der Waals surface area contributed by atoms with Crippen LogP contribution in [0.2, 0.25) is 0 Å². The van der Waals surface area contributed by atoms with E-state index in [4.69, 9.17) is 0 Å². The molecule has 0 heterocycles. The van der Waals surface area contributed by atoms with Gasteiger partial charge in [0.25, 0.3) is 0 Å². The number of carbonyl (C=O) groups excluding carboxylic acids is 2. The van der Waals surface area contributed by atoms with E-state index in [9.17, 15) is 9.59 Å². The van der Waals surface area contributed by atoms with Crippen molar-refractivity contribution in [3.05, 3.63) is 54.1 Å². The molecule has 0 amide bonds. The minimum atomic E-state index is -0.168. The lowest BCUT2D eigenvalue weighted by molar-refractivity contribution is -0.110. The lowest BCUT2D eigenvalue weighted by Gasteiger charge is -2.02. The Hall–Kier alpha value is -1.96. The Morgan fingerprint density at radius 2 is 2.00 bits per heavy atom. The van der Waals surface area contributed by atoms with Gasteiger partial charge in [0.2, 0.25) is 0 Å². The molecule has 1 aromatic rings. The van der Waals surface area contributed by atoms with E-state index in [1.807, 2.05) is 25.1 Å². The molecule has 2 heteroatoms. The van der Waals surface area contributed by atoms with Gasteiger partial charge in [-0.3, -0.25) is 9.59 Å². The first-order valence-corrected chi connectivity index (χ1v) is 5.15. The molecule has 0 spiro atoms. The van der Waals surface area contributed by atoms with Crippen molar-refractivity contribution >= 4 is 17.6 Å². The average molecular weight is 214 g/mol. The van der Waals surface area contributed by atoms with E-state index in [0.29, 0.717) is 12.0 Å². The summed E-state index contributed by atoms with van der Waals surface area (Å²) < 4.78 is 0. The molecule has 0 unspecified atom stereocenters. The maximum atomic E-state index is 11.6. The van der Waals surface area contributed by atoms with E-state index in [1.165, 1.54) is 12.2 Å². The van der Waals surface area contributed by atoms with Crippen LogP contribution >= 0.6 is 0 Å². The van der Waals surface area contributed by atoms with Crippen molar-refractivity contribution in [3.63, 3.8) is 0 Å². The van der Waals surface area contributed by atoms with Gasteiger partial charge in [0.15, 0.2) is 11.6 Å². The van der Waals surface area contributed by atoms with Gasteiger partial charge < -0.3 is 0 Å². The van der Waals surface area contributed by atoms with Crippen LogP contribution in [0, 0.1) is 0 Å². The van der Waals surface area contributed by atoms with Gasteiger partial charge in [-0.1, -0.05) is 43.8 Å². The van der Waals surface area contributed by atoms with Crippen LogP contribution in [-0.4, -0.2) is 11.6 Å². The van der Waals surface area contributed by atoms with Crippen LogP contribution in [0.1, 0.15) is 29.3 Å². The highest BCUT2D eigenvalue weighted by Crippen LogP contribution is 2.13. The molecule has 0 aliphatic heterocycles. The number of hydrogen-bond acceptors (Lipinski definition) is 2. The molecule has 1 aromatic carbocycles. The standard InChI is InChI=1S/C14H14O2/c1-3-12(15)10-9-11-7-5-6-8-13(11)14(16)4-2/h3,5-10H,1,4H2,2H3/b10-9+. The fraction of sp³-hybridized carbons (Fsp3) is 0.143. The SMILES string of the molecule is C=CC(=O)/C=C/c1ccccc1C(=O)CC. The molecule has 0 radical (unpaired) electrons. The van der Waals surface area contributed by atoms with E-state index in [1.54, 1.807) is 12.1 Å². The zero-order valence-corrected chi connectivity index (χ0v) is 9.27. The fourth-order valence-electron chi connectivity index (χ4n) is 1.33. The molecule has 0 aliphatic carbocycles. The lowest BCUT2D eigenvalue weighted by Crippen LogP contribution is -1.99. The zero-order chi connectivity index (χ0) is 12.0. The first-order chi connectivity index (χ1) is 7.69. The van der Waals surface area contributed by atoms with Crippen LogP contribution in [0.15, 0.2) is 43.0 Å². The lowest BCUT2D eigenvalue weighted by atomic mass is 10.0. The largest absolute Gasteiger partial charge is 0.294 e. The molecule has 16 heavy (non-hydrogen) atoms. The van der Waals surface area contributed by atoms with Crippen LogP contribution < -0.4 is 0 Å². The molecule has 0 aliphatic rings. The van der Waals surface area contributed by atoms with Crippen LogP contribution in [0.5, 0.6) is 0 Å². The van der Waals surface area contributed by atoms with E-state index in [2.05, 4.69) is 6.58 Å². The van der Waals surface area contributed by atoms with E-state index < -0.39 is 0 Å². The third kappa shape index (κ3) is 3.02. The second kappa shape index (κ2) is 5.81. The predicted octanol–water partition coefficient (Wildman–Crippen LogP) is 3.05. The summed E-state index contributed by atoms with van der Waals surface area (Å²) in [5.41, 5.74) is 1.42. The maximum Gasteiger partial charge on any atom is 0.178 e. The summed E-state index contributed by atoms with van der Waals surface area (Å²) in [4.78, 5) is 22.7. The average Bonchev–Trinajstić information content (AvgIpc) is 2.35. The van der Waals surface area contributed by atoms with E-state index in [-0.39, 0.29) is 11.6 Å². The van der Waals surface area contributed by atoms with Gasteiger partial charge in [-0.15, -0.1) is 0 Å². The van der Waals surface area contributed by atoms with E-state index >= 15 is 0 Å². The molecular formula is C14H14O2. The van der Waals surface area contributed by atoms with Crippen molar-refractivity contribution in [3.8, 4) is 0 Å². The van der Waals surface area contributed by atoms with Gasteiger partial charge >= 0.3 is 0 Å². The smallest absolute Gasteiger partial charge is 0.178 e. The Balaban J connectivity index is 3.04. The quantitative estimate of drug-likeness (QED) is 0.557. The molecular weight excluding hydrogens is 200 g/mol. The third-order valence-corrected chi connectivity index (χ3v) is 2.21. The van der Waals surface area contributed by atoms with Gasteiger partial charge in [0.1, 0.15) is 0 Å². The van der Waals surface area contributed by atoms with Gasteiger partial charge in [-0.2, -0.15) is 0 Å². The van der Waals surface area contributed by atoms with E-state index in [0.717, 1.165) is 5.56 Å². The summed E-state index contributed by atoms with van der Waals surface area (Å²) in [6.07, 6.45) is 4.75. The summed E-state index contributed by atoms with van der Waals surface area (Å²) >= 11 is 0.